The number of rotatable bonds is 7. The highest BCUT2D eigenvalue weighted by Gasteiger charge is 2.11. The summed E-state index contributed by atoms with van der Waals surface area (Å²) in [7, 11) is 0. The Kier molecular flexibility index (Phi) is 5.90. The van der Waals surface area contributed by atoms with Crippen LogP contribution in [-0.2, 0) is 18.0 Å². The molecular weight excluding hydrogens is 400 g/mol. The van der Waals surface area contributed by atoms with E-state index in [0.29, 0.717) is 29.5 Å². The lowest BCUT2D eigenvalue weighted by Gasteiger charge is -2.06. The van der Waals surface area contributed by atoms with E-state index in [2.05, 4.69) is 9.97 Å². The van der Waals surface area contributed by atoms with Gasteiger partial charge in [-0.05, 0) is 50.2 Å². The second-order valence-electron chi connectivity index (χ2n) is 6.76. The zero-order valence-electron chi connectivity index (χ0n) is 16.6. The minimum atomic E-state index is -0.434. The number of nitrogens with zero attached hydrogens (tertiary/aromatic N) is 2. The summed E-state index contributed by atoms with van der Waals surface area (Å²) in [6.45, 7) is 4.40. The maximum absolute atomic E-state index is 12.3. The van der Waals surface area contributed by atoms with E-state index in [4.69, 9.17) is 13.9 Å². The molecule has 0 saturated carbocycles. The van der Waals surface area contributed by atoms with Crippen LogP contribution >= 0.6 is 11.3 Å². The highest BCUT2D eigenvalue weighted by Crippen LogP contribution is 2.20. The number of aromatic nitrogens is 2. The van der Waals surface area contributed by atoms with Crippen LogP contribution < -0.4 is 4.74 Å². The average Bonchev–Trinajstić information content (AvgIpc) is 3.40. The van der Waals surface area contributed by atoms with Crippen LogP contribution in [0.3, 0.4) is 0 Å². The van der Waals surface area contributed by atoms with E-state index >= 15 is 0 Å². The molecule has 0 atom stereocenters. The molecule has 0 bridgehead atoms. The summed E-state index contributed by atoms with van der Waals surface area (Å²) >= 11 is 1.59. The van der Waals surface area contributed by atoms with Gasteiger partial charge >= 0.3 is 5.97 Å². The third kappa shape index (κ3) is 4.93. The van der Waals surface area contributed by atoms with Crippen molar-refractivity contribution >= 4 is 17.3 Å². The summed E-state index contributed by atoms with van der Waals surface area (Å²) in [6.07, 6.45) is 1.50. The Bertz CT molecular complexity index is 1130. The van der Waals surface area contributed by atoms with Crippen LogP contribution in [0.5, 0.6) is 5.75 Å². The van der Waals surface area contributed by atoms with Crippen LogP contribution in [0.1, 0.15) is 32.3 Å². The second-order valence-corrected chi connectivity index (χ2v) is 7.82. The first-order valence-electron chi connectivity index (χ1n) is 9.39. The fourth-order valence-corrected chi connectivity index (χ4v) is 3.34. The molecule has 2 aromatic heterocycles. The van der Waals surface area contributed by atoms with Crippen molar-refractivity contribution in [3.8, 4) is 17.2 Å². The highest BCUT2D eigenvalue weighted by molar-refractivity contribution is 7.09. The number of carbonyl (C=O) groups is 1. The molecule has 0 aliphatic rings. The molecule has 0 spiro atoms. The molecule has 0 saturated heterocycles. The van der Waals surface area contributed by atoms with Crippen LogP contribution in [0.25, 0.3) is 11.5 Å². The predicted molar refractivity (Wildman–Crippen MR) is 113 cm³/mol. The zero-order valence-corrected chi connectivity index (χ0v) is 17.4. The number of hydrogen-bond donors (Lipinski definition) is 0. The molecule has 152 valence electrons. The van der Waals surface area contributed by atoms with Crippen molar-refractivity contribution < 1.29 is 18.7 Å². The largest absolute Gasteiger partial charge is 0.487 e. The van der Waals surface area contributed by atoms with Gasteiger partial charge in [-0.25, -0.2) is 14.8 Å². The normalized spacial score (nSPS) is 10.7. The summed E-state index contributed by atoms with van der Waals surface area (Å²) < 4.78 is 16.5. The molecule has 0 aliphatic carbocycles. The summed E-state index contributed by atoms with van der Waals surface area (Å²) in [5.74, 6) is 0.728. The number of carbonyl (C=O) groups excluding carboxylic acids is 1. The molecule has 7 heteroatoms. The maximum Gasteiger partial charge on any atom is 0.338 e. The smallest absolute Gasteiger partial charge is 0.338 e. The molecule has 0 amide bonds. The van der Waals surface area contributed by atoms with Crippen LogP contribution in [0.4, 0.5) is 0 Å². The lowest BCUT2D eigenvalue weighted by Crippen LogP contribution is -2.05. The van der Waals surface area contributed by atoms with Crippen molar-refractivity contribution in [1.29, 1.82) is 0 Å². The summed E-state index contributed by atoms with van der Waals surface area (Å²) in [5, 5.41) is 2.97. The van der Waals surface area contributed by atoms with Crippen LogP contribution in [-0.4, -0.2) is 15.9 Å². The topological polar surface area (TPSA) is 74.5 Å². The lowest BCUT2D eigenvalue weighted by atomic mass is 10.1. The van der Waals surface area contributed by atoms with Gasteiger partial charge in [-0.2, -0.15) is 0 Å². The number of hydrogen-bond acceptors (Lipinski definition) is 7. The quantitative estimate of drug-likeness (QED) is 0.375. The van der Waals surface area contributed by atoms with Gasteiger partial charge in [0.1, 0.15) is 30.9 Å². The van der Waals surface area contributed by atoms with Gasteiger partial charge in [-0.15, -0.1) is 11.3 Å². The van der Waals surface area contributed by atoms with E-state index in [1.54, 1.807) is 35.6 Å². The van der Waals surface area contributed by atoms with Crippen LogP contribution in [0.2, 0.25) is 0 Å². The van der Waals surface area contributed by atoms with Crippen molar-refractivity contribution in [3.63, 3.8) is 0 Å². The first kappa shape index (κ1) is 19.8. The molecule has 6 nitrogen and oxygen atoms in total. The number of oxazole rings is 1. The molecule has 2 aromatic carbocycles. The van der Waals surface area contributed by atoms with E-state index in [1.807, 2.05) is 43.5 Å². The van der Waals surface area contributed by atoms with Crippen LogP contribution in [0, 0.1) is 13.8 Å². The molecule has 0 N–H and O–H groups in total. The first-order chi connectivity index (χ1) is 14.6. The van der Waals surface area contributed by atoms with Gasteiger partial charge in [-0.3, -0.25) is 0 Å². The first-order valence-corrected chi connectivity index (χ1v) is 10.3. The Morgan fingerprint density at radius 1 is 0.967 bits per heavy atom. The Hall–Kier alpha value is -3.45. The SMILES string of the molecule is Cc1ccc(-c2nc(COC(=O)c3ccc(OCc4csc(C)n4)cc3)co2)cc1. The third-order valence-corrected chi connectivity index (χ3v) is 5.17. The molecule has 0 fully saturated rings. The van der Waals surface area contributed by atoms with Gasteiger partial charge in [0.25, 0.3) is 0 Å². The number of esters is 1. The Morgan fingerprint density at radius 2 is 1.73 bits per heavy atom. The minimum Gasteiger partial charge on any atom is -0.487 e. The Balaban J connectivity index is 1.30. The summed E-state index contributed by atoms with van der Waals surface area (Å²) in [6, 6.07) is 14.7. The second kappa shape index (κ2) is 8.92. The zero-order chi connectivity index (χ0) is 20.9. The van der Waals surface area contributed by atoms with Gasteiger partial charge in [0.2, 0.25) is 5.89 Å². The standard InChI is InChI=1S/C23H20N2O4S/c1-15-3-5-17(6-4-15)22-25-19(11-28-22)12-29-23(26)18-7-9-21(10-8-18)27-13-20-14-30-16(2)24-20/h3-11,14H,12-13H2,1-2H3. The molecule has 2 heterocycles. The number of thiazole rings is 1. The van der Waals surface area contributed by atoms with E-state index in [0.717, 1.165) is 21.8 Å². The molecule has 4 aromatic rings. The minimum absolute atomic E-state index is 0.0373. The lowest BCUT2D eigenvalue weighted by molar-refractivity contribution is 0.0467. The van der Waals surface area contributed by atoms with Gasteiger partial charge < -0.3 is 13.9 Å². The van der Waals surface area contributed by atoms with Gasteiger partial charge in [0.15, 0.2) is 0 Å². The fraction of sp³-hybridized carbons (Fsp3) is 0.174. The molecule has 4 rings (SSSR count). The molecule has 0 unspecified atom stereocenters. The Morgan fingerprint density at radius 3 is 2.43 bits per heavy atom. The van der Waals surface area contributed by atoms with Crippen molar-refractivity contribution in [3.05, 3.63) is 87.7 Å². The van der Waals surface area contributed by atoms with Gasteiger partial charge in [0.05, 0.1) is 16.3 Å². The molecule has 30 heavy (non-hydrogen) atoms. The maximum atomic E-state index is 12.3. The predicted octanol–water partition coefficient (Wildman–Crippen LogP) is 5.35. The number of benzene rings is 2. The molecule has 0 radical (unpaired) electrons. The summed E-state index contributed by atoms with van der Waals surface area (Å²) in [4.78, 5) is 21.0. The number of ether oxygens (including phenoxy) is 2. The van der Waals surface area contributed by atoms with E-state index in [1.165, 1.54) is 6.26 Å². The summed E-state index contributed by atoms with van der Waals surface area (Å²) in [5.41, 5.74) is 3.92. The van der Waals surface area contributed by atoms with E-state index < -0.39 is 5.97 Å². The van der Waals surface area contributed by atoms with E-state index in [-0.39, 0.29) is 6.61 Å². The van der Waals surface area contributed by atoms with Crippen LogP contribution in [0.15, 0.2) is 64.6 Å². The van der Waals surface area contributed by atoms with Crippen molar-refractivity contribution in [2.75, 3.05) is 0 Å². The van der Waals surface area contributed by atoms with Gasteiger partial charge in [0, 0.05) is 10.9 Å². The number of aryl methyl sites for hydroxylation is 2. The molecule has 0 aliphatic heterocycles. The average molecular weight is 420 g/mol. The molecular formula is C23H20N2O4S. The van der Waals surface area contributed by atoms with Crippen molar-refractivity contribution in [2.45, 2.75) is 27.1 Å². The fourth-order valence-electron chi connectivity index (χ4n) is 2.74. The van der Waals surface area contributed by atoms with E-state index in [9.17, 15) is 4.79 Å². The van der Waals surface area contributed by atoms with Gasteiger partial charge in [-0.1, -0.05) is 17.7 Å². The Labute approximate surface area is 178 Å². The van der Waals surface area contributed by atoms with Crippen molar-refractivity contribution in [1.82, 2.24) is 9.97 Å². The monoisotopic (exact) mass is 420 g/mol. The highest BCUT2D eigenvalue weighted by atomic mass is 32.1. The van der Waals surface area contributed by atoms with Crippen molar-refractivity contribution in [2.24, 2.45) is 0 Å². The third-order valence-electron chi connectivity index (χ3n) is 4.34.